The SMILES string of the molecule is [N-]=[N+]=NCC1CC(=O)N(CC2(c3ccccc3)CC2)C1. The van der Waals surface area contributed by atoms with Gasteiger partial charge in [0.25, 0.3) is 0 Å². The van der Waals surface area contributed by atoms with Crippen LogP contribution < -0.4 is 0 Å². The van der Waals surface area contributed by atoms with E-state index in [4.69, 9.17) is 5.53 Å². The lowest BCUT2D eigenvalue weighted by molar-refractivity contribution is -0.128. The first-order valence-electron chi connectivity index (χ1n) is 7.08. The van der Waals surface area contributed by atoms with Gasteiger partial charge in [0, 0.05) is 36.4 Å². The molecule has 1 heterocycles. The molecule has 1 aromatic rings. The molecule has 1 atom stereocenters. The molecule has 104 valence electrons. The third-order valence-electron chi connectivity index (χ3n) is 4.43. The fraction of sp³-hybridized carbons (Fsp3) is 0.533. The lowest BCUT2D eigenvalue weighted by atomic mass is 9.95. The van der Waals surface area contributed by atoms with Crippen molar-refractivity contribution in [2.45, 2.75) is 24.7 Å². The van der Waals surface area contributed by atoms with Gasteiger partial charge in [0.15, 0.2) is 0 Å². The van der Waals surface area contributed by atoms with Gasteiger partial charge < -0.3 is 4.90 Å². The minimum Gasteiger partial charge on any atom is -0.342 e. The predicted molar refractivity (Wildman–Crippen MR) is 76.1 cm³/mol. The Bertz CT molecular complexity index is 546. The molecule has 1 aliphatic heterocycles. The number of hydrogen-bond acceptors (Lipinski definition) is 2. The Kier molecular flexibility index (Phi) is 3.36. The first kappa shape index (κ1) is 13.0. The molecule has 3 rings (SSSR count). The summed E-state index contributed by atoms with van der Waals surface area (Å²) in [5.74, 6) is 0.385. The van der Waals surface area contributed by atoms with Gasteiger partial charge in [-0.15, -0.1) is 0 Å². The summed E-state index contributed by atoms with van der Waals surface area (Å²) in [6.45, 7) is 1.96. The molecule has 2 aliphatic rings. The van der Waals surface area contributed by atoms with E-state index in [9.17, 15) is 4.79 Å². The summed E-state index contributed by atoms with van der Waals surface area (Å²) in [5.41, 5.74) is 9.87. The van der Waals surface area contributed by atoms with Crippen molar-refractivity contribution in [2.24, 2.45) is 11.0 Å². The highest BCUT2D eigenvalue weighted by molar-refractivity contribution is 5.79. The van der Waals surface area contributed by atoms with Gasteiger partial charge in [0.05, 0.1) is 0 Å². The highest BCUT2D eigenvalue weighted by Gasteiger charge is 2.47. The topological polar surface area (TPSA) is 69.1 Å². The van der Waals surface area contributed by atoms with Crippen LogP contribution in [0.25, 0.3) is 10.4 Å². The molecule has 1 saturated carbocycles. The third kappa shape index (κ3) is 2.49. The van der Waals surface area contributed by atoms with E-state index in [1.54, 1.807) is 0 Å². The molecule has 0 N–H and O–H groups in total. The first-order valence-corrected chi connectivity index (χ1v) is 7.08. The normalized spacial score (nSPS) is 23.5. The van der Waals surface area contributed by atoms with Gasteiger partial charge in [-0.3, -0.25) is 4.79 Å². The molecular formula is C15H18N4O. The summed E-state index contributed by atoms with van der Waals surface area (Å²) in [6, 6.07) is 10.5. The van der Waals surface area contributed by atoms with Crippen molar-refractivity contribution in [3.63, 3.8) is 0 Å². The lowest BCUT2D eigenvalue weighted by Gasteiger charge is -2.24. The maximum Gasteiger partial charge on any atom is 0.222 e. The van der Waals surface area contributed by atoms with Crippen LogP contribution in [-0.4, -0.2) is 30.4 Å². The summed E-state index contributed by atoms with van der Waals surface area (Å²) in [4.78, 5) is 16.8. The Morgan fingerprint density at radius 1 is 1.35 bits per heavy atom. The van der Waals surface area contributed by atoms with Crippen molar-refractivity contribution in [2.75, 3.05) is 19.6 Å². The molecule has 5 nitrogen and oxygen atoms in total. The molecule has 0 bridgehead atoms. The summed E-state index contributed by atoms with van der Waals surface area (Å²) >= 11 is 0. The van der Waals surface area contributed by atoms with Crippen molar-refractivity contribution in [3.8, 4) is 0 Å². The summed E-state index contributed by atoms with van der Waals surface area (Å²) in [5, 5.41) is 3.59. The monoisotopic (exact) mass is 270 g/mol. The molecule has 2 fully saturated rings. The fourth-order valence-corrected chi connectivity index (χ4v) is 3.13. The maximum absolute atomic E-state index is 12.1. The van der Waals surface area contributed by atoms with Gasteiger partial charge in [-0.1, -0.05) is 35.4 Å². The molecule has 1 aliphatic carbocycles. The quantitative estimate of drug-likeness (QED) is 0.461. The third-order valence-corrected chi connectivity index (χ3v) is 4.43. The predicted octanol–water partition coefficient (Wildman–Crippen LogP) is 2.88. The van der Waals surface area contributed by atoms with E-state index >= 15 is 0 Å². The van der Waals surface area contributed by atoms with Gasteiger partial charge in [0.1, 0.15) is 0 Å². The van der Waals surface area contributed by atoms with Gasteiger partial charge in [-0.05, 0) is 29.9 Å². The number of benzene rings is 1. The summed E-state index contributed by atoms with van der Waals surface area (Å²) in [7, 11) is 0. The lowest BCUT2D eigenvalue weighted by Crippen LogP contribution is -2.34. The zero-order valence-corrected chi connectivity index (χ0v) is 11.4. The first-order chi connectivity index (χ1) is 9.73. The van der Waals surface area contributed by atoms with E-state index in [0.717, 1.165) is 25.9 Å². The van der Waals surface area contributed by atoms with Crippen molar-refractivity contribution in [1.82, 2.24) is 4.90 Å². The molecule has 5 heteroatoms. The molecular weight excluding hydrogens is 252 g/mol. The number of likely N-dealkylation sites (tertiary alicyclic amines) is 1. The zero-order valence-electron chi connectivity index (χ0n) is 11.4. The number of azide groups is 1. The Hall–Kier alpha value is -2.00. The second-order valence-corrected chi connectivity index (χ2v) is 5.90. The Labute approximate surface area is 118 Å². The molecule has 20 heavy (non-hydrogen) atoms. The Morgan fingerprint density at radius 2 is 2.10 bits per heavy atom. The van der Waals surface area contributed by atoms with Crippen LogP contribution in [-0.2, 0) is 10.2 Å². The second-order valence-electron chi connectivity index (χ2n) is 5.90. The van der Waals surface area contributed by atoms with Gasteiger partial charge in [0.2, 0.25) is 5.91 Å². The minimum absolute atomic E-state index is 0.171. The van der Waals surface area contributed by atoms with Crippen molar-refractivity contribution < 1.29 is 4.79 Å². The summed E-state index contributed by atoms with van der Waals surface area (Å²) in [6.07, 6.45) is 2.83. The van der Waals surface area contributed by atoms with E-state index in [1.165, 1.54) is 5.56 Å². The average molecular weight is 270 g/mol. The van der Waals surface area contributed by atoms with Crippen LogP contribution in [0.15, 0.2) is 35.4 Å². The Morgan fingerprint density at radius 3 is 2.75 bits per heavy atom. The molecule has 1 saturated heterocycles. The van der Waals surface area contributed by atoms with E-state index in [-0.39, 0.29) is 17.2 Å². The van der Waals surface area contributed by atoms with Crippen LogP contribution in [0.1, 0.15) is 24.8 Å². The van der Waals surface area contributed by atoms with Gasteiger partial charge in [-0.2, -0.15) is 0 Å². The van der Waals surface area contributed by atoms with Crippen molar-refractivity contribution >= 4 is 5.91 Å². The van der Waals surface area contributed by atoms with Crippen LogP contribution >= 0.6 is 0 Å². The number of amides is 1. The molecule has 0 spiro atoms. The smallest absolute Gasteiger partial charge is 0.222 e. The number of hydrogen-bond donors (Lipinski definition) is 0. The van der Waals surface area contributed by atoms with Gasteiger partial charge >= 0.3 is 0 Å². The molecule has 0 radical (unpaired) electrons. The highest BCUT2D eigenvalue weighted by Crippen LogP contribution is 2.49. The standard InChI is InChI=1S/C15H18N4O/c16-18-17-9-12-8-14(20)19(10-12)11-15(6-7-15)13-4-2-1-3-5-13/h1-5,12H,6-11H2. The zero-order chi connectivity index (χ0) is 14.0. The maximum atomic E-state index is 12.1. The minimum atomic E-state index is 0.171. The molecule has 0 aromatic heterocycles. The highest BCUT2D eigenvalue weighted by atomic mass is 16.2. The van der Waals surface area contributed by atoms with E-state index < -0.39 is 0 Å². The molecule has 1 aromatic carbocycles. The van der Waals surface area contributed by atoms with Crippen LogP contribution in [0, 0.1) is 5.92 Å². The second kappa shape index (κ2) is 5.17. The number of carbonyl (C=O) groups is 1. The van der Waals surface area contributed by atoms with Crippen LogP contribution in [0.4, 0.5) is 0 Å². The van der Waals surface area contributed by atoms with Crippen LogP contribution in [0.2, 0.25) is 0 Å². The van der Waals surface area contributed by atoms with Crippen molar-refractivity contribution in [1.29, 1.82) is 0 Å². The van der Waals surface area contributed by atoms with Crippen molar-refractivity contribution in [3.05, 3.63) is 46.3 Å². The molecule has 1 unspecified atom stereocenters. The van der Waals surface area contributed by atoms with Crippen LogP contribution in [0.5, 0.6) is 0 Å². The number of nitrogens with zero attached hydrogens (tertiary/aromatic N) is 4. The van der Waals surface area contributed by atoms with E-state index in [0.29, 0.717) is 13.0 Å². The molecule has 1 amide bonds. The largest absolute Gasteiger partial charge is 0.342 e. The fourth-order valence-electron chi connectivity index (χ4n) is 3.13. The summed E-state index contributed by atoms with van der Waals surface area (Å²) < 4.78 is 0. The number of rotatable bonds is 5. The average Bonchev–Trinajstić information content (AvgIpc) is 3.17. The van der Waals surface area contributed by atoms with E-state index in [1.807, 2.05) is 11.0 Å². The van der Waals surface area contributed by atoms with Crippen LogP contribution in [0.3, 0.4) is 0 Å². The number of carbonyl (C=O) groups excluding carboxylic acids is 1. The van der Waals surface area contributed by atoms with Gasteiger partial charge in [-0.25, -0.2) is 0 Å². The van der Waals surface area contributed by atoms with E-state index in [2.05, 4.69) is 34.3 Å². The Balaban J connectivity index is 1.66.